The zero-order chi connectivity index (χ0) is 12.9. The number of methoxy groups -OCH3 is 1. The predicted molar refractivity (Wildman–Crippen MR) is 61.8 cm³/mol. The molecule has 1 N–H and O–H groups in total. The van der Waals surface area contributed by atoms with Crippen LogP contribution in [0.15, 0.2) is 0 Å². The van der Waals surface area contributed by atoms with Crippen LogP contribution in [-0.2, 0) is 19.6 Å². The molecule has 0 aromatic heterocycles. The van der Waals surface area contributed by atoms with E-state index in [2.05, 4.69) is 4.74 Å². The van der Waals surface area contributed by atoms with Gasteiger partial charge in [0.05, 0.1) is 19.3 Å². The molecule has 1 aliphatic rings. The van der Waals surface area contributed by atoms with Crippen LogP contribution in [0.1, 0.15) is 19.3 Å². The Morgan fingerprint density at radius 2 is 2.24 bits per heavy atom. The molecule has 7 heteroatoms. The van der Waals surface area contributed by atoms with Crippen LogP contribution in [0, 0.1) is 5.92 Å². The summed E-state index contributed by atoms with van der Waals surface area (Å²) >= 11 is 0. The van der Waals surface area contributed by atoms with Gasteiger partial charge in [-0.2, -0.15) is 0 Å². The number of hydrogen-bond acceptors (Lipinski definition) is 5. The summed E-state index contributed by atoms with van der Waals surface area (Å²) in [5, 5.41) is 9.04. The lowest BCUT2D eigenvalue weighted by atomic mass is 10.0. The minimum absolute atomic E-state index is 0.00300. The van der Waals surface area contributed by atoms with Crippen molar-refractivity contribution in [2.75, 3.05) is 32.6 Å². The first kappa shape index (κ1) is 14.4. The predicted octanol–water partition coefficient (Wildman–Crippen LogP) is -0.416. The van der Waals surface area contributed by atoms with Gasteiger partial charge < -0.3 is 9.84 Å². The fourth-order valence-electron chi connectivity index (χ4n) is 1.87. The van der Waals surface area contributed by atoms with Crippen molar-refractivity contribution in [2.24, 2.45) is 5.92 Å². The van der Waals surface area contributed by atoms with Crippen LogP contribution in [-0.4, -0.2) is 56.4 Å². The summed E-state index contributed by atoms with van der Waals surface area (Å²) in [6.45, 7) is 0.822. The number of rotatable bonds is 5. The maximum Gasteiger partial charge on any atom is 0.306 e. The Morgan fingerprint density at radius 3 is 2.82 bits per heavy atom. The molecular formula is C10H19NO5S. The van der Waals surface area contributed by atoms with E-state index in [9.17, 15) is 13.2 Å². The van der Waals surface area contributed by atoms with Crippen molar-refractivity contribution in [3.63, 3.8) is 0 Å². The van der Waals surface area contributed by atoms with Crippen molar-refractivity contribution in [1.82, 2.24) is 4.31 Å². The molecule has 1 atom stereocenters. The highest BCUT2D eigenvalue weighted by molar-refractivity contribution is 7.89. The van der Waals surface area contributed by atoms with Crippen LogP contribution in [0.2, 0.25) is 0 Å². The highest BCUT2D eigenvalue weighted by Crippen LogP contribution is 2.19. The lowest BCUT2D eigenvalue weighted by molar-refractivity contribution is -0.140. The highest BCUT2D eigenvalue weighted by Gasteiger charge is 2.28. The average Bonchev–Trinajstić information content (AvgIpc) is 2.36. The molecule has 0 amide bonds. The minimum Gasteiger partial charge on any atom is -0.469 e. The molecule has 0 aromatic rings. The molecule has 0 bridgehead atoms. The fourth-order valence-corrected chi connectivity index (χ4v) is 3.40. The summed E-state index contributed by atoms with van der Waals surface area (Å²) in [4.78, 5) is 10.9. The molecule has 1 aliphatic heterocycles. The summed E-state index contributed by atoms with van der Waals surface area (Å²) in [6, 6.07) is 0. The first-order valence-corrected chi connectivity index (χ1v) is 7.26. The number of aliphatic hydroxyl groups excluding tert-OH is 1. The fraction of sp³-hybridized carbons (Fsp3) is 0.900. The summed E-state index contributed by atoms with van der Waals surface area (Å²) in [5.74, 6) is -0.737. The van der Waals surface area contributed by atoms with Gasteiger partial charge >= 0.3 is 5.97 Å². The maximum atomic E-state index is 11.9. The molecular weight excluding hydrogens is 246 g/mol. The number of sulfonamides is 1. The van der Waals surface area contributed by atoms with Crippen molar-refractivity contribution in [3.05, 3.63) is 0 Å². The minimum atomic E-state index is -3.41. The van der Waals surface area contributed by atoms with Crippen LogP contribution >= 0.6 is 0 Å². The van der Waals surface area contributed by atoms with E-state index in [0.717, 1.165) is 12.8 Å². The number of esters is 1. The number of carbonyl (C=O) groups excluding carboxylic acids is 1. The van der Waals surface area contributed by atoms with Gasteiger partial charge in [-0.05, 0) is 18.8 Å². The average molecular weight is 265 g/mol. The quantitative estimate of drug-likeness (QED) is 0.683. The normalized spacial score (nSPS) is 22.4. The monoisotopic (exact) mass is 265 g/mol. The second-order valence-corrected chi connectivity index (χ2v) is 6.28. The van der Waals surface area contributed by atoms with Crippen molar-refractivity contribution in [3.8, 4) is 0 Å². The summed E-state index contributed by atoms with van der Waals surface area (Å²) in [7, 11) is -2.18. The standard InChI is InChI=1S/C10H19NO5S/c1-16-10(13)4-6-17(14,15)11-5-2-3-9(7-11)8-12/h9,12H,2-8H2,1H3. The Kier molecular flexibility index (Phi) is 5.35. The summed E-state index contributed by atoms with van der Waals surface area (Å²) in [6.07, 6.45) is 1.47. The van der Waals surface area contributed by atoms with E-state index in [-0.39, 0.29) is 24.7 Å². The molecule has 6 nitrogen and oxygen atoms in total. The molecule has 1 heterocycles. The van der Waals surface area contributed by atoms with E-state index in [1.54, 1.807) is 0 Å². The molecule has 17 heavy (non-hydrogen) atoms. The zero-order valence-corrected chi connectivity index (χ0v) is 10.8. The molecule has 0 saturated carbocycles. The molecule has 1 fully saturated rings. The highest BCUT2D eigenvalue weighted by atomic mass is 32.2. The van der Waals surface area contributed by atoms with E-state index in [0.29, 0.717) is 13.1 Å². The molecule has 0 radical (unpaired) electrons. The third-order valence-corrected chi connectivity index (χ3v) is 4.76. The van der Waals surface area contributed by atoms with Crippen LogP contribution in [0.4, 0.5) is 0 Å². The van der Waals surface area contributed by atoms with Gasteiger partial charge in [-0.15, -0.1) is 0 Å². The van der Waals surface area contributed by atoms with E-state index in [4.69, 9.17) is 5.11 Å². The molecule has 1 saturated heterocycles. The Balaban J connectivity index is 2.54. The molecule has 1 unspecified atom stereocenters. The van der Waals surface area contributed by atoms with Gasteiger partial charge in [-0.3, -0.25) is 4.79 Å². The van der Waals surface area contributed by atoms with Crippen LogP contribution in [0.25, 0.3) is 0 Å². The van der Waals surface area contributed by atoms with Gasteiger partial charge in [0.1, 0.15) is 0 Å². The third-order valence-electron chi connectivity index (χ3n) is 2.93. The SMILES string of the molecule is COC(=O)CCS(=O)(=O)N1CCCC(CO)C1. The molecule has 0 aromatic carbocycles. The number of carbonyl (C=O) groups is 1. The van der Waals surface area contributed by atoms with Crippen molar-refractivity contribution in [2.45, 2.75) is 19.3 Å². The number of nitrogens with zero attached hydrogens (tertiary/aromatic N) is 1. The maximum absolute atomic E-state index is 11.9. The van der Waals surface area contributed by atoms with Crippen LogP contribution < -0.4 is 0 Å². The summed E-state index contributed by atoms with van der Waals surface area (Å²) < 4.78 is 29.6. The molecule has 0 spiro atoms. The van der Waals surface area contributed by atoms with Crippen molar-refractivity contribution < 1.29 is 23.1 Å². The van der Waals surface area contributed by atoms with Gasteiger partial charge in [0.25, 0.3) is 0 Å². The van der Waals surface area contributed by atoms with Gasteiger partial charge in [-0.25, -0.2) is 12.7 Å². The Morgan fingerprint density at radius 1 is 1.53 bits per heavy atom. The summed E-state index contributed by atoms with van der Waals surface area (Å²) in [5.41, 5.74) is 0. The van der Waals surface area contributed by atoms with Crippen molar-refractivity contribution in [1.29, 1.82) is 0 Å². The number of aliphatic hydroxyl groups is 1. The third kappa shape index (κ3) is 4.25. The van der Waals surface area contributed by atoms with Gasteiger partial charge in [0.2, 0.25) is 10.0 Å². The topological polar surface area (TPSA) is 83.9 Å². The van der Waals surface area contributed by atoms with Crippen LogP contribution in [0.3, 0.4) is 0 Å². The van der Waals surface area contributed by atoms with E-state index < -0.39 is 16.0 Å². The molecule has 0 aliphatic carbocycles. The number of hydrogen-bond donors (Lipinski definition) is 1. The van der Waals surface area contributed by atoms with Crippen molar-refractivity contribution >= 4 is 16.0 Å². The van der Waals surface area contributed by atoms with Gasteiger partial charge in [0.15, 0.2) is 0 Å². The van der Waals surface area contributed by atoms with Crippen LogP contribution in [0.5, 0.6) is 0 Å². The second-order valence-electron chi connectivity index (χ2n) is 4.19. The number of ether oxygens (including phenoxy) is 1. The van der Waals surface area contributed by atoms with E-state index in [1.165, 1.54) is 11.4 Å². The lowest BCUT2D eigenvalue weighted by Gasteiger charge is -2.30. The Hall–Kier alpha value is -0.660. The zero-order valence-electron chi connectivity index (χ0n) is 9.96. The lowest BCUT2D eigenvalue weighted by Crippen LogP contribution is -2.42. The molecule has 1 rings (SSSR count). The first-order chi connectivity index (χ1) is 7.99. The largest absolute Gasteiger partial charge is 0.469 e. The first-order valence-electron chi connectivity index (χ1n) is 5.65. The smallest absolute Gasteiger partial charge is 0.306 e. The van der Waals surface area contributed by atoms with Gasteiger partial charge in [0, 0.05) is 19.7 Å². The van der Waals surface area contributed by atoms with E-state index in [1.807, 2.05) is 0 Å². The van der Waals surface area contributed by atoms with E-state index >= 15 is 0 Å². The van der Waals surface area contributed by atoms with Gasteiger partial charge in [-0.1, -0.05) is 0 Å². The number of piperidine rings is 1. The molecule has 100 valence electrons. The Labute approximate surface area is 102 Å². The Bertz CT molecular complexity index is 354. The second kappa shape index (κ2) is 6.32.